The first-order chi connectivity index (χ1) is 16.0. The lowest BCUT2D eigenvalue weighted by Crippen LogP contribution is -2.36. The summed E-state index contributed by atoms with van der Waals surface area (Å²) >= 11 is 1.48. The van der Waals surface area contributed by atoms with Crippen molar-refractivity contribution in [3.05, 3.63) is 36.3 Å². The zero-order valence-electron chi connectivity index (χ0n) is 18.8. The van der Waals surface area contributed by atoms with Crippen molar-refractivity contribution in [2.75, 3.05) is 37.4 Å². The minimum Gasteiger partial charge on any atom is -0.352 e. The predicted molar refractivity (Wildman–Crippen MR) is 132 cm³/mol. The molecule has 10 nitrogen and oxygen atoms in total. The summed E-state index contributed by atoms with van der Waals surface area (Å²) in [5, 5.41) is 16.0. The van der Waals surface area contributed by atoms with E-state index in [2.05, 4.69) is 25.5 Å². The van der Waals surface area contributed by atoms with E-state index in [0.29, 0.717) is 6.54 Å². The Morgan fingerprint density at radius 2 is 2.21 bits per heavy atom. The molecule has 1 aliphatic rings. The van der Waals surface area contributed by atoms with E-state index in [-0.39, 0.29) is 6.04 Å². The number of nitrogens with two attached hydrogens (primary N) is 1. The van der Waals surface area contributed by atoms with Gasteiger partial charge in [0.15, 0.2) is 5.65 Å². The number of fused-ring (bicyclic) bond motifs is 1. The van der Waals surface area contributed by atoms with Gasteiger partial charge in [0.05, 0.1) is 17.4 Å². The van der Waals surface area contributed by atoms with Crippen LogP contribution in [0.5, 0.6) is 0 Å². The summed E-state index contributed by atoms with van der Waals surface area (Å²) in [6.07, 6.45) is 7.56. The Bertz CT molecular complexity index is 1290. The Morgan fingerprint density at radius 3 is 2.94 bits per heavy atom. The third-order valence-corrected chi connectivity index (χ3v) is 8.75. The lowest BCUT2D eigenvalue weighted by atomic mass is 10.2. The first kappa shape index (κ1) is 22.0. The third-order valence-electron chi connectivity index (χ3n) is 5.82. The monoisotopic (exact) mass is 485 g/mol. The molecule has 0 amide bonds. The molecule has 0 spiro atoms. The van der Waals surface area contributed by atoms with Crippen LogP contribution < -0.4 is 16.0 Å². The highest BCUT2D eigenvalue weighted by atomic mass is 32.2. The molecule has 4 aromatic heterocycles. The molecule has 2 atom stereocenters. The van der Waals surface area contributed by atoms with Crippen molar-refractivity contribution in [3.8, 4) is 11.1 Å². The van der Waals surface area contributed by atoms with E-state index in [4.69, 9.17) is 10.7 Å². The van der Waals surface area contributed by atoms with Crippen LogP contribution in [0.1, 0.15) is 18.4 Å². The Kier molecular flexibility index (Phi) is 5.91. The van der Waals surface area contributed by atoms with Crippen molar-refractivity contribution in [2.45, 2.75) is 30.0 Å². The number of rotatable bonds is 7. The minimum absolute atomic E-state index is 0.270. The molecule has 5 rings (SSSR count). The van der Waals surface area contributed by atoms with E-state index >= 15 is 0 Å². The maximum atomic E-state index is 12.6. The van der Waals surface area contributed by atoms with Crippen molar-refractivity contribution >= 4 is 44.6 Å². The summed E-state index contributed by atoms with van der Waals surface area (Å²) < 4.78 is 17.0. The largest absolute Gasteiger partial charge is 0.352 e. The quantitative estimate of drug-likeness (QED) is 0.368. The molecule has 33 heavy (non-hydrogen) atoms. The molecule has 1 aliphatic heterocycles. The van der Waals surface area contributed by atoms with Crippen molar-refractivity contribution in [1.82, 2.24) is 29.1 Å². The highest BCUT2D eigenvalue weighted by molar-refractivity contribution is 7.85. The van der Waals surface area contributed by atoms with Crippen molar-refractivity contribution in [3.63, 3.8) is 0 Å². The zero-order valence-corrected chi connectivity index (χ0v) is 20.4. The van der Waals surface area contributed by atoms with Crippen molar-refractivity contribution < 1.29 is 4.21 Å². The van der Waals surface area contributed by atoms with E-state index < -0.39 is 11.0 Å². The van der Waals surface area contributed by atoms with Crippen LogP contribution in [0, 0.1) is 6.92 Å². The SMILES string of the molecule is Cc1cc(Nc2cc(N3CCCC3CN)nc3c(-c4cn[nH]c4)cnn23)sc1S(=O)N(C)C. The number of nitrogens with zero attached hydrogens (tertiary/aromatic N) is 6. The molecule has 12 heteroatoms. The Hall–Kier alpha value is -2.80. The van der Waals surface area contributed by atoms with Gasteiger partial charge in [0.1, 0.15) is 26.8 Å². The fourth-order valence-corrected chi connectivity index (χ4v) is 6.64. The van der Waals surface area contributed by atoms with Crippen LogP contribution in [0.25, 0.3) is 16.8 Å². The van der Waals surface area contributed by atoms with Crippen LogP contribution in [-0.4, -0.2) is 66.5 Å². The summed E-state index contributed by atoms with van der Waals surface area (Å²) in [4.78, 5) is 7.27. The zero-order chi connectivity index (χ0) is 23.1. The summed E-state index contributed by atoms with van der Waals surface area (Å²) in [7, 11) is 2.43. The van der Waals surface area contributed by atoms with Gasteiger partial charge in [-0.3, -0.25) is 5.10 Å². The van der Waals surface area contributed by atoms with Gasteiger partial charge in [-0.1, -0.05) is 0 Å². The predicted octanol–water partition coefficient (Wildman–Crippen LogP) is 2.74. The summed E-state index contributed by atoms with van der Waals surface area (Å²) in [5.41, 5.74) is 9.60. The van der Waals surface area contributed by atoms with Crippen LogP contribution in [0.2, 0.25) is 0 Å². The summed E-state index contributed by atoms with van der Waals surface area (Å²) in [6.45, 7) is 3.49. The van der Waals surface area contributed by atoms with E-state index in [1.54, 1.807) is 21.2 Å². The number of nitrogens with one attached hydrogen (secondary N) is 2. The normalized spacial score (nSPS) is 17.4. The lowest BCUT2D eigenvalue weighted by Gasteiger charge is -2.25. The standard InChI is InChI=1S/C21H27N9OS2/c1-13-7-19(32-21(13)33(31)28(2)3)26-18-8-17(29-6-4-5-15(29)9-22)27-20-16(12-25-30(18)20)14-10-23-24-11-14/h7-8,10-12,15,26H,4-6,9,22H2,1-3H3,(H,23,24). The first-order valence-corrected chi connectivity index (χ1v) is 12.7. The second kappa shape index (κ2) is 8.86. The molecule has 1 saturated heterocycles. The topological polar surface area (TPSA) is 120 Å². The molecular weight excluding hydrogens is 458 g/mol. The fraction of sp³-hybridized carbons (Fsp3) is 0.381. The van der Waals surface area contributed by atoms with Crippen LogP contribution in [0.15, 0.2) is 34.9 Å². The molecule has 174 valence electrons. The van der Waals surface area contributed by atoms with Gasteiger partial charge < -0.3 is 16.0 Å². The number of aryl methyl sites for hydroxylation is 1. The van der Waals surface area contributed by atoms with Crippen LogP contribution in [0.3, 0.4) is 0 Å². The number of H-pyrrole nitrogens is 1. The Labute approximate surface area is 198 Å². The summed E-state index contributed by atoms with van der Waals surface area (Å²) in [5.74, 6) is 1.66. The molecule has 0 radical (unpaired) electrons. The van der Waals surface area contributed by atoms with Gasteiger partial charge in [0.2, 0.25) is 0 Å². The first-order valence-electron chi connectivity index (χ1n) is 10.8. The second-order valence-corrected chi connectivity index (χ2v) is 11.2. The number of aromatic amines is 1. The van der Waals surface area contributed by atoms with Gasteiger partial charge in [0, 0.05) is 42.5 Å². The molecule has 4 N–H and O–H groups in total. The molecule has 0 bridgehead atoms. The molecule has 0 aromatic carbocycles. The average Bonchev–Trinajstić information content (AvgIpc) is 3.58. The minimum atomic E-state index is -1.19. The fourth-order valence-electron chi connectivity index (χ4n) is 4.16. The lowest BCUT2D eigenvalue weighted by molar-refractivity contribution is 0.604. The molecule has 0 aliphatic carbocycles. The number of hydrogen-bond acceptors (Lipinski definition) is 8. The average molecular weight is 486 g/mol. The molecular formula is C21H27N9OS2. The smallest absolute Gasteiger partial charge is 0.167 e. The maximum Gasteiger partial charge on any atom is 0.167 e. The number of anilines is 3. The van der Waals surface area contributed by atoms with Gasteiger partial charge in [-0.25, -0.2) is 13.5 Å². The number of hydrogen-bond donors (Lipinski definition) is 3. The van der Waals surface area contributed by atoms with Crippen LogP contribution in [0.4, 0.5) is 16.6 Å². The molecule has 1 fully saturated rings. The van der Waals surface area contributed by atoms with Gasteiger partial charge in [-0.15, -0.1) is 11.3 Å². The highest BCUT2D eigenvalue weighted by Gasteiger charge is 2.26. The van der Waals surface area contributed by atoms with E-state index in [1.807, 2.05) is 39.3 Å². The third kappa shape index (κ3) is 4.03. The van der Waals surface area contributed by atoms with E-state index in [9.17, 15) is 4.21 Å². The van der Waals surface area contributed by atoms with Gasteiger partial charge in [-0.2, -0.15) is 14.7 Å². The van der Waals surface area contributed by atoms with Crippen LogP contribution >= 0.6 is 11.3 Å². The molecule has 5 heterocycles. The summed E-state index contributed by atoms with van der Waals surface area (Å²) in [6, 6.07) is 4.31. The molecule has 0 saturated carbocycles. The Morgan fingerprint density at radius 1 is 1.36 bits per heavy atom. The maximum absolute atomic E-state index is 12.6. The van der Waals surface area contributed by atoms with E-state index in [0.717, 1.165) is 62.6 Å². The van der Waals surface area contributed by atoms with Crippen molar-refractivity contribution in [1.29, 1.82) is 0 Å². The highest BCUT2D eigenvalue weighted by Crippen LogP contribution is 2.35. The van der Waals surface area contributed by atoms with Crippen LogP contribution in [-0.2, 0) is 11.0 Å². The molecule has 2 unspecified atom stereocenters. The second-order valence-electron chi connectivity index (χ2n) is 8.27. The van der Waals surface area contributed by atoms with Gasteiger partial charge in [0.25, 0.3) is 0 Å². The van der Waals surface area contributed by atoms with Gasteiger partial charge in [-0.05, 0) is 45.5 Å². The Balaban J connectivity index is 1.60. The van der Waals surface area contributed by atoms with E-state index in [1.165, 1.54) is 11.3 Å². The number of aromatic nitrogens is 5. The van der Waals surface area contributed by atoms with Gasteiger partial charge >= 0.3 is 0 Å². The van der Waals surface area contributed by atoms with Crippen molar-refractivity contribution in [2.24, 2.45) is 5.73 Å². The molecule has 4 aromatic rings. The number of thiophene rings is 1.